The molecule has 15 heavy (non-hydrogen) atoms. The summed E-state index contributed by atoms with van der Waals surface area (Å²) < 4.78 is 0. The van der Waals surface area contributed by atoms with Gasteiger partial charge in [0.1, 0.15) is 11.8 Å². The average molecular weight is 201 g/mol. The zero-order valence-electron chi connectivity index (χ0n) is 9.14. The van der Waals surface area contributed by atoms with Crippen molar-refractivity contribution in [3.8, 4) is 6.07 Å². The van der Waals surface area contributed by atoms with Crippen molar-refractivity contribution in [3.63, 3.8) is 0 Å². The second-order valence-electron chi connectivity index (χ2n) is 4.36. The maximum atomic E-state index is 8.75. The Hall–Kier alpha value is -1.56. The summed E-state index contributed by atoms with van der Waals surface area (Å²) in [5.74, 6) is 1.69. The highest BCUT2D eigenvalue weighted by Gasteiger charge is 2.33. The molecule has 1 saturated carbocycles. The van der Waals surface area contributed by atoms with Crippen molar-refractivity contribution in [2.75, 3.05) is 18.5 Å². The van der Waals surface area contributed by atoms with Gasteiger partial charge in [0.05, 0.1) is 0 Å². The van der Waals surface area contributed by atoms with E-state index in [1.54, 1.807) is 6.20 Å². The number of anilines is 1. The van der Waals surface area contributed by atoms with Crippen LogP contribution in [0.25, 0.3) is 0 Å². The van der Waals surface area contributed by atoms with Gasteiger partial charge in [-0.3, -0.25) is 0 Å². The average Bonchev–Trinajstić information content (AvgIpc) is 2.94. The van der Waals surface area contributed by atoms with Gasteiger partial charge >= 0.3 is 0 Å². The highest BCUT2D eigenvalue weighted by molar-refractivity contribution is 5.48. The normalized spacial score (nSPS) is 23.3. The third-order valence-electron chi connectivity index (χ3n) is 3.08. The lowest BCUT2D eigenvalue weighted by atomic mass is 10.2. The SMILES string of the molecule is CC1CC1CN(C)c1ccnc(C#N)c1. The van der Waals surface area contributed by atoms with Crippen molar-refractivity contribution >= 4 is 5.69 Å². The fraction of sp³-hybridized carbons (Fsp3) is 0.500. The standard InChI is InChI=1S/C12H15N3/c1-9-5-10(9)8-15(2)12-3-4-14-11(6-12)7-13/h3-4,6,9-10H,5,8H2,1-2H3. The molecule has 0 bridgehead atoms. The Bertz CT molecular complexity index is 394. The van der Waals surface area contributed by atoms with E-state index < -0.39 is 0 Å². The van der Waals surface area contributed by atoms with Crippen LogP contribution >= 0.6 is 0 Å². The van der Waals surface area contributed by atoms with E-state index in [-0.39, 0.29) is 0 Å². The van der Waals surface area contributed by atoms with Gasteiger partial charge in [-0.25, -0.2) is 4.98 Å². The number of nitrogens with zero attached hydrogens (tertiary/aromatic N) is 3. The molecule has 1 aliphatic carbocycles. The Morgan fingerprint density at radius 2 is 2.40 bits per heavy atom. The molecule has 1 aromatic rings. The van der Waals surface area contributed by atoms with Crippen LogP contribution in [0, 0.1) is 23.2 Å². The van der Waals surface area contributed by atoms with Gasteiger partial charge in [0.2, 0.25) is 0 Å². The van der Waals surface area contributed by atoms with Crippen LogP contribution in [0.2, 0.25) is 0 Å². The fourth-order valence-corrected chi connectivity index (χ4v) is 1.83. The van der Waals surface area contributed by atoms with Gasteiger partial charge in [-0.1, -0.05) is 6.92 Å². The minimum absolute atomic E-state index is 0.489. The number of pyridine rings is 1. The molecule has 2 atom stereocenters. The molecule has 1 aliphatic rings. The Morgan fingerprint density at radius 3 is 3.00 bits per heavy atom. The summed E-state index contributed by atoms with van der Waals surface area (Å²) in [4.78, 5) is 6.17. The Morgan fingerprint density at radius 1 is 1.67 bits per heavy atom. The molecule has 0 aromatic carbocycles. The van der Waals surface area contributed by atoms with Crippen LogP contribution in [0.5, 0.6) is 0 Å². The third kappa shape index (κ3) is 2.27. The topological polar surface area (TPSA) is 39.9 Å². The first kappa shape index (κ1) is 9.97. The van der Waals surface area contributed by atoms with Crippen LogP contribution in [-0.2, 0) is 0 Å². The summed E-state index contributed by atoms with van der Waals surface area (Å²) in [5, 5.41) is 8.75. The molecule has 0 N–H and O–H groups in total. The Kier molecular flexibility index (Phi) is 2.59. The predicted molar refractivity (Wildman–Crippen MR) is 59.5 cm³/mol. The summed E-state index contributed by atoms with van der Waals surface area (Å²) in [6, 6.07) is 5.85. The third-order valence-corrected chi connectivity index (χ3v) is 3.08. The first-order valence-corrected chi connectivity index (χ1v) is 5.28. The summed E-state index contributed by atoms with van der Waals surface area (Å²) in [5.41, 5.74) is 1.57. The number of hydrogen-bond donors (Lipinski definition) is 0. The Balaban J connectivity index is 2.04. The molecule has 1 fully saturated rings. The van der Waals surface area contributed by atoms with Gasteiger partial charge in [-0.2, -0.15) is 5.26 Å². The summed E-state index contributed by atoms with van der Waals surface area (Å²) >= 11 is 0. The van der Waals surface area contributed by atoms with Crippen molar-refractivity contribution in [1.29, 1.82) is 5.26 Å². The van der Waals surface area contributed by atoms with Crippen molar-refractivity contribution < 1.29 is 0 Å². The maximum Gasteiger partial charge on any atom is 0.142 e. The van der Waals surface area contributed by atoms with E-state index in [2.05, 4.69) is 29.9 Å². The molecule has 0 saturated heterocycles. The minimum atomic E-state index is 0.489. The maximum absolute atomic E-state index is 8.75. The largest absolute Gasteiger partial charge is 0.374 e. The van der Waals surface area contributed by atoms with Crippen LogP contribution in [0.4, 0.5) is 5.69 Å². The second-order valence-corrected chi connectivity index (χ2v) is 4.36. The van der Waals surface area contributed by atoms with Crippen LogP contribution in [0.1, 0.15) is 19.0 Å². The summed E-state index contributed by atoms with van der Waals surface area (Å²) in [6.07, 6.45) is 3.03. The zero-order chi connectivity index (χ0) is 10.8. The number of rotatable bonds is 3. The van der Waals surface area contributed by atoms with Crippen molar-refractivity contribution in [2.45, 2.75) is 13.3 Å². The van der Waals surface area contributed by atoms with E-state index in [0.29, 0.717) is 5.69 Å². The lowest BCUT2D eigenvalue weighted by Gasteiger charge is -2.18. The zero-order valence-corrected chi connectivity index (χ0v) is 9.14. The fourth-order valence-electron chi connectivity index (χ4n) is 1.83. The first-order chi connectivity index (χ1) is 7.20. The van der Waals surface area contributed by atoms with Crippen LogP contribution in [0.15, 0.2) is 18.3 Å². The molecule has 3 nitrogen and oxygen atoms in total. The van der Waals surface area contributed by atoms with E-state index in [4.69, 9.17) is 5.26 Å². The van der Waals surface area contributed by atoms with Crippen LogP contribution in [0.3, 0.4) is 0 Å². The number of hydrogen-bond acceptors (Lipinski definition) is 3. The molecule has 0 spiro atoms. The van der Waals surface area contributed by atoms with Crippen LogP contribution in [-0.4, -0.2) is 18.6 Å². The van der Waals surface area contributed by atoms with E-state index in [0.717, 1.165) is 24.1 Å². The van der Waals surface area contributed by atoms with Gasteiger partial charge in [-0.15, -0.1) is 0 Å². The Labute approximate surface area is 90.4 Å². The van der Waals surface area contributed by atoms with Gasteiger partial charge < -0.3 is 4.90 Å². The highest BCUT2D eigenvalue weighted by Crippen LogP contribution is 2.38. The molecule has 2 unspecified atom stereocenters. The van der Waals surface area contributed by atoms with E-state index >= 15 is 0 Å². The van der Waals surface area contributed by atoms with E-state index in [1.165, 1.54) is 6.42 Å². The van der Waals surface area contributed by atoms with E-state index in [1.807, 2.05) is 12.1 Å². The molecule has 0 amide bonds. The molecule has 78 valence electrons. The van der Waals surface area contributed by atoms with Crippen molar-refractivity contribution in [3.05, 3.63) is 24.0 Å². The predicted octanol–water partition coefficient (Wildman–Crippen LogP) is 2.05. The number of aromatic nitrogens is 1. The lowest BCUT2D eigenvalue weighted by molar-refractivity contribution is 0.725. The first-order valence-electron chi connectivity index (χ1n) is 5.28. The quantitative estimate of drug-likeness (QED) is 0.751. The molecule has 3 heteroatoms. The molecule has 1 aromatic heterocycles. The van der Waals surface area contributed by atoms with Crippen LogP contribution < -0.4 is 4.90 Å². The lowest BCUT2D eigenvalue weighted by Crippen LogP contribution is -2.20. The smallest absolute Gasteiger partial charge is 0.142 e. The van der Waals surface area contributed by atoms with Gasteiger partial charge in [0.15, 0.2) is 0 Å². The summed E-state index contributed by atoms with van der Waals surface area (Å²) in [6.45, 7) is 3.36. The molecular formula is C12H15N3. The second kappa shape index (κ2) is 3.90. The molecular weight excluding hydrogens is 186 g/mol. The molecule has 2 rings (SSSR count). The molecule has 0 aliphatic heterocycles. The van der Waals surface area contributed by atoms with Crippen molar-refractivity contribution in [2.24, 2.45) is 11.8 Å². The van der Waals surface area contributed by atoms with Gasteiger partial charge in [-0.05, 0) is 30.4 Å². The van der Waals surface area contributed by atoms with Crippen molar-refractivity contribution in [1.82, 2.24) is 4.98 Å². The minimum Gasteiger partial charge on any atom is -0.374 e. The van der Waals surface area contributed by atoms with Gasteiger partial charge in [0, 0.05) is 25.5 Å². The molecule has 1 heterocycles. The van der Waals surface area contributed by atoms with Gasteiger partial charge in [0.25, 0.3) is 0 Å². The highest BCUT2D eigenvalue weighted by atomic mass is 15.1. The molecule has 0 radical (unpaired) electrons. The number of nitriles is 1. The summed E-state index contributed by atoms with van der Waals surface area (Å²) in [7, 11) is 2.07. The monoisotopic (exact) mass is 201 g/mol. The van der Waals surface area contributed by atoms with E-state index in [9.17, 15) is 0 Å².